The van der Waals surface area contributed by atoms with Crippen molar-refractivity contribution in [2.75, 3.05) is 41.4 Å². The molecule has 0 radical (unpaired) electrons. The van der Waals surface area contributed by atoms with Gasteiger partial charge in [-0.2, -0.15) is 0 Å². The van der Waals surface area contributed by atoms with E-state index >= 15 is 0 Å². The second-order valence-corrected chi connectivity index (χ2v) is 16.4. The van der Waals surface area contributed by atoms with Gasteiger partial charge in [0.05, 0.1) is 56.1 Å². The second-order valence-electron chi connectivity index (χ2n) is 16.4. The topological polar surface area (TPSA) is 178 Å². The number of aromatic nitrogens is 4. The van der Waals surface area contributed by atoms with Crippen LogP contribution in [0.5, 0.6) is 0 Å². The number of aromatic amines is 2. The molecule has 4 aromatic rings. The van der Waals surface area contributed by atoms with Gasteiger partial charge in [0.1, 0.15) is 23.7 Å². The molecule has 308 valence electrons. The lowest BCUT2D eigenvalue weighted by Gasteiger charge is -2.30. The van der Waals surface area contributed by atoms with Gasteiger partial charge in [0.15, 0.2) is 0 Å². The first-order chi connectivity index (χ1) is 27.8. The Balaban J connectivity index is 1.11. The van der Waals surface area contributed by atoms with Crippen molar-refractivity contribution >= 4 is 24.0 Å². The Bertz CT molecular complexity index is 2030. The molecular weight excluding hydrogens is 739 g/mol. The highest BCUT2D eigenvalue weighted by Crippen LogP contribution is 2.48. The molecule has 0 saturated carbocycles. The van der Waals surface area contributed by atoms with Gasteiger partial charge in [0.25, 0.3) is 0 Å². The Labute approximate surface area is 339 Å². The van der Waals surface area contributed by atoms with Crippen molar-refractivity contribution in [3.05, 3.63) is 71.6 Å². The summed E-state index contributed by atoms with van der Waals surface area (Å²) in [5.74, 6) is 0.930. The average Bonchev–Trinajstić information content (AvgIpc) is 4.05. The van der Waals surface area contributed by atoms with Crippen LogP contribution >= 0.6 is 0 Å². The lowest BCUT2D eigenvalue weighted by Crippen LogP contribution is -2.51. The van der Waals surface area contributed by atoms with E-state index in [9.17, 15) is 19.2 Å². The van der Waals surface area contributed by atoms with Crippen LogP contribution in [0, 0.1) is 11.8 Å². The van der Waals surface area contributed by atoms with Crippen molar-refractivity contribution < 1.29 is 28.7 Å². The van der Waals surface area contributed by atoms with Crippen LogP contribution in [-0.4, -0.2) is 112 Å². The van der Waals surface area contributed by atoms with Crippen LogP contribution in [0.2, 0.25) is 0 Å². The quantitative estimate of drug-likeness (QED) is 0.138. The van der Waals surface area contributed by atoms with E-state index in [1.165, 1.54) is 36.5 Å². The normalized spacial score (nSPS) is 19.7. The minimum Gasteiger partial charge on any atom is -0.453 e. The maximum absolute atomic E-state index is 13.7. The fraction of sp³-hybridized carbons (Fsp3) is 0.488. The number of hydrogen-bond acceptors (Lipinski definition) is 9. The molecular formula is C43H55N9O6. The molecule has 2 aromatic carbocycles. The van der Waals surface area contributed by atoms with Gasteiger partial charge in [-0.3, -0.25) is 14.5 Å². The van der Waals surface area contributed by atoms with E-state index in [0.29, 0.717) is 13.1 Å². The van der Waals surface area contributed by atoms with Gasteiger partial charge < -0.3 is 39.9 Å². The highest BCUT2D eigenvalue weighted by atomic mass is 16.5. The number of rotatable bonds is 11. The van der Waals surface area contributed by atoms with Gasteiger partial charge in [-0.25, -0.2) is 19.6 Å². The number of alkyl carbamates (subject to hydrolysis) is 2. The number of H-pyrrole nitrogens is 2. The summed E-state index contributed by atoms with van der Waals surface area (Å²) >= 11 is 0. The summed E-state index contributed by atoms with van der Waals surface area (Å²) in [5.41, 5.74) is 8.42. The SMILES string of the molecule is COC(=O)N[C@H](C(=O)N1CCCC1c1ncc(-c2ccc3c(c2)C(N(C)C)c2cc(-c4cnc([C@@H]5CCCN5C(=O)[C@H](NC(=O)OC)C(C)C)[nH]4)ccc2-3)[nH]1)C(C)C. The smallest absolute Gasteiger partial charge is 0.407 e. The lowest BCUT2D eigenvalue weighted by molar-refractivity contribution is -0.136. The number of nitrogens with zero attached hydrogens (tertiary/aromatic N) is 5. The van der Waals surface area contributed by atoms with Crippen LogP contribution in [0.1, 0.15) is 94.3 Å². The highest BCUT2D eigenvalue weighted by molar-refractivity contribution is 5.88. The molecule has 1 aliphatic carbocycles. The molecule has 3 aliphatic rings. The second kappa shape index (κ2) is 16.6. The molecule has 58 heavy (non-hydrogen) atoms. The molecule has 4 heterocycles. The summed E-state index contributed by atoms with van der Waals surface area (Å²) in [5, 5.41) is 5.43. The standard InChI is InChI=1S/C43H55N9O6/c1-23(2)35(48-42(55)57-7)40(53)51-17-9-11-33(51)38-44-21-31(46-38)25-13-15-27-28-16-14-26(20-30(28)37(50(5)6)29(27)19-25)32-22-45-39(47-32)34-12-10-18-52(34)41(54)36(24(3)4)49-43(56)58-8/h13-16,19-24,33-37H,9-12,17-18H2,1-8H3,(H,44,46)(H,45,47)(H,48,55)(H,49,56)/t33-,34?,35+,36-,37?/m0/s1. The number of fused-ring (bicyclic) bond motifs is 3. The molecule has 2 aromatic heterocycles. The van der Waals surface area contributed by atoms with Crippen molar-refractivity contribution in [1.29, 1.82) is 0 Å². The van der Waals surface area contributed by atoms with E-state index in [0.717, 1.165) is 59.8 Å². The van der Waals surface area contributed by atoms with E-state index in [2.05, 4.69) is 76.0 Å². The number of amides is 4. The van der Waals surface area contributed by atoms with Gasteiger partial charge in [-0.05, 0) is 97.1 Å². The third-order valence-electron chi connectivity index (χ3n) is 11.8. The van der Waals surface area contributed by atoms with Crippen molar-refractivity contribution in [3.8, 4) is 33.6 Å². The number of carbonyl (C=O) groups excluding carboxylic acids is 4. The average molecular weight is 794 g/mol. The first-order valence-corrected chi connectivity index (χ1v) is 20.2. The van der Waals surface area contributed by atoms with Crippen LogP contribution in [-0.2, 0) is 19.1 Å². The van der Waals surface area contributed by atoms with Crippen LogP contribution < -0.4 is 10.6 Å². The number of likely N-dealkylation sites (tertiary alicyclic amines) is 2. The van der Waals surface area contributed by atoms with Crippen molar-refractivity contribution in [1.82, 2.24) is 45.3 Å². The largest absolute Gasteiger partial charge is 0.453 e. The Kier molecular flexibility index (Phi) is 11.6. The summed E-state index contributed by atoms with van der Waals surface area (Å²) in [7, 11) is 6.76. The van der Waals surface area contributed by atoms with Crippen molar-refractivity contribution in [2.45, 2.75) is 83.6 Å². The number of imidazole rings is 2. The van der Waals surface area contributed by atoms with E-state index in [-0.39, 0.29) is 41.8 Å². The van der Waals surface area contributed by atoms with E-state index in [1.807, 2.05) is 49.9 Å². The maximum Gasteiger partial charge on any atom is 0.407 e. The number of benzene rings is 2. The lowest BCUT2D eigenvalue weighted by atomic mass is 10.00. The van der Waals surface area contributed by atoms with Gasteiger partial charge in [-0.15, -0.1) is 0 Å². The molecule has 2 saturated heterocycles. The molecule has 2 unspecified atom stereocenters. The third kappa shape index (κ3) is 7.66. The minimum absolute atomic E-state index is 0.00821. The van der Waals surface area contributed by atoms with E-state index in [1.54, 1.807) is 0 Å². The number of methoxy groups -OCH3 is 2. The summed E-state index contributed by atoms with van der Waals surface area (Å²) in [6.45, 7) is 8.80. The molecule has 15 nitrogen and oxygen atoms in total. The summed E-state index contributed by atoms with van der Waals surface area (Å²) in [6.07, 6.45) is 5.64. The number of ether oxygens (including phenoxy) is 2. The molecule has 4 N–H and O–H groups in total. The van der Waals surface area contributed by atoms with Crippen molar-refractivity contribution in [3.63, 3.8) is 0 Å². The highest BCUT2D eigenvalue weighted by Gasteiger charge is 2.39. The Hall–Kier alpha value is -5.70. The van der Waals surface area contributed by atoms with Crippen LogP contribution in [0.15, 0.2) is 48.8 Å². The number of nitrogens with one attached hydrogen (secondary N) is 4. The van der Waals surface area contributed by atoms with Gasteiger partial charge in [0.2, 0.25) is 11.8 Å². The minimum atomic E-state index is -0.700. The van der Waals surface area contributed by atoms with E-state index < -0.39 is 24.3 Å². The zero-order valence-corrected chi connectivity index (χ0v) is 34.6. The maximum atomic E-state index is 13.7. The molecule has 0 bridgehead atoms. The van der Waals surface area contributed by atoms with Gasteiger partial charge >= 0.3 is 12.2 Å². The molecule has 2 aliphatic heterocycles. The molecule has 4 amide bonds. The van der Waals surface area contributed by atoms with Crippen LogP contribution in [0.3, 0.4) is 0 Å². The summed E-state index contributed by atoms with van der Waals surface area (Å²) < 4.78 is 9.58. The van der Waals surface area contributed by atoms with Gasteiger partial charge in [-0.1, -0.05) is 52.0 Å². The first kappa shape index (κ1) is 40.5. The number of hydrogen-bond donors (Lipinski definition) is 4. The summed E-state index contributed by atoms with van der Waals surface area (Å²) in [6, 6.07) is 11.1. The fourth-order valence-electron chi connectivity index (χ4n) is 8.82. The Morgan fingerprint density at radius 2 is 1.12 bits per heavy atom. The van der Waals surface area contributed by atoms with Crippen molar-refractivity contribution in [2.24, 2.45) is 11.8 Å². The van der Waals surface area contributed by atoms with Crippen LogP contribution in [0.4, 0.5) is 9.59 Å². The van der Waals surface area contributed by atoms with Gasteiger partial charge in [0, 0.05) is 13.1 Å². The molecule has 7 rings (SSSR count). The first-order valence-electron chi connectivity index (χ1n) is 20.2. The van der Waals surface area contributed by atoms with Crippen LogP contribution in [0.25, 0.3) is 33.6 Å². The molecule has 5 atom stereocenters. The fourth-order valence-corrected chi connectivity index (χ4v) is 8.82. The zero-order chi connectivity index (χ0) is 41.4. The zero-order valence-electron chi connectivity index (χ0n) is 34.6. The molecule has 2 fully saturated rings. The summed E-state index contributed by atoms with van der Waals surface area (Å²) in [4.78, 5) is 74.0. The Morgan fingerprint density at radius 3 is 1.48 bits per heavy atom. The predicted octanol–water partition coefficient (Wildman–Crippen LogP) is 6.19. The predicted molar refractivity (Wildman–Crippen MR) is 218 cm³/mol. The monoisotopic (exact) mass is 793 g/mol. The third-order valence-corrected chi connectivity index (χ3v) is 11.8. The van der Waals surface area contributed by atoms with E-state index in [4.69, 9.17) is 19.4 Å². The molecule has 15 heteroatoms. The number of carbonyl (C=O) groups is 4. The molecule has 0 spiro atoms. The Morgan fingerprint density at radius 1 is 0.707 bits per heavy atom.